The van der Waals surface area contributed by atoms with Crippen molar-refractivity contribution in [1.82, 2.24) is 0 Å². The van der Waals surface area contributed by atoms with Crippen molar-refractivity contribution in [2.24, 2.45) is 0 Å². The highest BCUT2D eigenvalue weighted by Crippen LogP contribution is 2.34. The van der Waals surface area contributed by atoms with Gasteiger partial charge in [-0.05, 0) is 37.1 Å². The summed E-state index contributed by atoms with van der Waals surface area (Å²) in [5, 5.41) is 0. The van der Waals surface area contributed by atoms with E-state index in [1.165, 1.54) is 4.90 Å². The number of halogens is 2. The lowest BCUT2D eigenvalue weighted by Gasteiger charge is -2.23. The average Bonchev–Trinajstić information content (AvgIpc) is 2.79. The molecule has 0 spiro atoms. The van der Waals surface area contributed by atoms with Crippen molar-refractivity contribution >= 4 is 17.3 Å². The van der Waals surface area contributed by atoms with Crippen molar-refractivity contribution in [3.63, 3.8) is 0 Å². The van der Waals surface area contributed by atoms with E-state index in [2.05, 4.69) is 0 Å². The van der Waals surface area contributed by atoms with Crippen LogP contribution in [0.5, 0.6) is 0 Å². The largest absolute Gasteiger partial charge is 0.396 e. The molecule has 1 unspecified atom stereocenters. The smallest absolute Gasteiger partial charge is 0.264 e. The number of para-hydroxylation sites is 1. The van der Waals surface area contributed by atoms with E-state index >= 15 is 0 Å². The molecule has 108 valence electrons. The monoisotopic (exact) mass is 288 g/mol. The minimum absolute atomic E-state index is 0.157. The van der Waals surface area contributed by atoms with Gasteiger partial charge >= 0.3 is 0 Å². The topological polar surface area (TPSA) is 46.3 Å². The fraction of sp³-hybridized carbons (Fsp3) is 0.188. The molecule has 0 radical (unpaired) electrons. The molecule has 0 saturated heterocycles. The number of carbonyl (C=O) groups excluding carboxylic acids is 1. The van der Waals surface area contributed by atoms with Gasteiger partial charge in [-0.1, -0.05) is 18.2 Å². The summed E-state index contributed by atoms with van der Waals surface area (Å²) >= 11 is 0. The minimum atomic E-state index is -1.00. The number of benzene rings is 2. The van der Waals surface area contributed by atoms with Gasteiger partial charge in [-0.25, -0.2) is 8.78 Å². The van der Waals surface area contributed by atoms with Gasteiger partial charge in [0, 0.05) is 11.7 Å². The molecule has 1 aliphatic heterocycles. The molecule has 21 heavy (non-hydrogen) atoms. The van der Waals surface area contributed by atoms with Gasteiger partial charge in [0.15, 0.2) is 5.82 Å². The van der Waals surface area contributed by atoms with Crippen LogP contribution in [0.4, 0.5) is 20.2 Å². The number of hydrogen-bond donors (Lipinski definition) is 1. The summed E-state index contributed by atoms with van der Waals surface area (Å²) in [7, 11) is 0. The van der Waals surface area contributed by atoms with E-state index in [0.29, 0.717) is 12.1 Å². The lowest BCUT2D eigenvalue weighted by atomic mass is 10.1. The Morgan fingerprint density at radius 3 is 2.71 bits per heavy atom. The molecule has 1 atom stereocenters. The number of hydrogen-bond acceptors (Lipinski definition) is 2. The second kappa shape index (κ2) is 4.84. The lowest BCUT2D eigenvalue weighted by molar-refractivity contribution is 0.0973. The average molecular weight is 288 g/mol. The van der Waals surface area contributed by atoms with Gasteiger partial charge in [0.2, 0.25) is 0 Å². The van der Waals surface area contributed by atoms with Crippen LogP contribution in [0.2, 0.25) is 0 Å². The van der Waals surface area contributed by atoms with Gasteiger partial charge < -0.3 is 10.6 Å². The minimum Gasteiger partial charge on any atom is -0.396 e. The zero-order chi connectivity index (χ0) is 15.1. The predicted octanol–water partition coefficient (Wildman–Crippen LogP) is 3.14. The molecular weight excluding hydrogens is 274 g/mol. The number of nitrogens with zero attached hydrogens (tertiary/aromatic N) is 1. The molecule has 0 saturated carbocycles. The zero-order valence-electron chi connectivity index (χ0n) is 11.4. The first kappa shape index (κ1) is 13.5. The fourth-order valence-electron chi connectivity index (χ4n) is 2.76. The van der Waals surface area contributed by atoms with Gasteiger partial charge in [-0.15, -0.1) is 0 Å². The molecule has 1 amide bonds. The third-order valence-corrected chi connectivity index (χ3v) is 3.76. The van der Waals surface area contributed by atoms with Crippen molar-refractivity contribution in [2.45, 2.75) is 19.4 Å². The van der Waals surface area contributed by atoms with Crippen LogP contribution < -0.4 is 10.6 Å². The standard InChI is InChI=1S/C16H14F2N2O/c1-9-8-10-4-2-3-5-13(10)20(9)16(21)14-11(17)6-7-12(19)15(14)18/h2-7,9H,8,19H2,1H3. The Balaban J connectivity index is 2.10. The molecule has 1 heterocycles. The molecule has 2 N–H and O–H groups in total. The Labute approximate surface area is 121 Å². The predicted molar refractivity (Wildman–Crippen MR) is 77.2 cm³/mol. The number of carbonyl (C=O) groups is 1. The summed E-state index contributed by atoms with van der Waals surface area (Å²) in [6.45, 7) is 1.85. The molecule has 1 aliphatic rings. The normalized spacial score (nSPS) is 16.9. The van der Waals surface area contributed by atoms with Gasteiger partial charge in [-0.3, -0.25) is 4.79 Å². The van der Waals surface area contributed by atoms with Gasteiger partial charge in [-0.2, -0.15) is 0 Å². The lowest BCUT2D eigenvalue weighted by Crippen LogP contribution is -2.37. The van der Waals surface area contributed by atoms with Crippen molar-refractivity contribution in [3.8, 4) is 0 Å². The number of amides is 1. The Kier molecular flexibility index (Phi) is 3.12. The molecular formula is C16H14F2N2O. The highest BCUT2D eigenvalue weighted by molar-refractivity contribution is 6.08. The van der Waals surface area contributed by atoms with E-state index in [9.17, 15) is 13.6 Å². The van der Waals surface area contributed by atoms with Gasteiger partial charge in [0.05, 0.1) is 5.69 Å². The molecule has 2 aromatic rings. The maximum atomic E-state index is 14.1. The van der Waals surface area contributed by atoms with E-state index in [1.807, 2.05) is 19.1 Å². The molecule has 0 aliphatic carbocycles. The SMILES string of the molecule is CC1Cc2ccccc2N1C(=O)c1c(F)ccc(N)c1F. The summed E-state index contributed by atoms with van der Waals surface area (Å²) < 4.78 is 28.0. The highest BCUT2D eigenvalue weighted by Gasteiger charge is 2.34. The van der Waals surface area contributed by atoms with Crippen LogP contribution in [0.1, 0.15) is 22.8 Å². The first-order valence-electron chi connectivity index (χ1n) is 6.65. The first-order chi connectivity index (χ1) is 10.0. The Bertz CT molecular complexity index is 730. The maximum Gasteiger partial charge on any atom is 0.264 e. The van der Waals surface area contributed by atoms with E-state index in [-0.39, 0.29) is 11.7 Å². The number of fused-ring (bicyclic) bond motifs is 1. The van der Waals surface area contributed by atoms with Crippen molar-refractivity contribution < 1.29 is 13.6 Å². The Morgan fingerprint density at radius 1 is 1.24 bits per heavy atom. The van der Waals surface area contributed by atoms with Crippen molar-refractivity contribution in [3.05, 3.63) is 59.2 Å². The van der Waals surface area contributed by atoms with E-state index in [4.69, 9.17) is 5.73 Å². The highest BCUT2D eigenvalue weighted by atomic mass is 19.1. The number of nitrogens with two attached hydrogens (primary N) is 1. The van der Waals surface area contributed by atoms with Crippen LogP contribution in [-0.4, -0.2) is 11.9 Å². The van der Waals surface area contributed by atoms with Crippen molar-refractivity contribution in [1.29, 1.82) is 0 Å². The Morgan fingerprint density at radius 2 is 1.95 bits per heavy atom. The fourth-order valence-corrected chi connectivity index (χ4v) is 2.76. The van der Waals surface area contributed by atoms with Crippen LogP contribution in [-0.2, 0) is 6.42 Å². The molecule has 0 fully saturated rings. The van der Waals surface area contributed by atoms with Crippen molar-refractivity contribution in [2.75, 3.05) is 10.6 Å². The van der Waals surface area contributed by atoms with Crippen LogP contribution in [0, 0.1) is 11.6 Å². The number of anilines is 2. The van der Waals surface area contributed by atoms with E-state index in [0.717, 1.165) is 17.7 Å². The second-order valence-corrected chi connectivity index (χ2v) is 5.18. The van der Waals surface area contributed by atoms with Crippen LogP contribution >= 0.6 is 0 Å². The number of nitrogen functional groups attached to an aromatic ring is 1. The molecule has 3 rings (SSSR count). The third-order valence-electron chi connectivity index (χ3n) is 3.76. The van der Waals surface area contributed by atoms with Crippen LogP contribution in [0.15, 0.2) is 36.4 Å². The van der Waals surface area contributed by atoms with Gasteiger partial charge in [0.1, 0.15) is 11.4 Å². The zero-order valence-corrected chi connectivity index (χ0v) is 11.4. The second-order valence-electron chi connectivity index (χ2n) is 5.18. The third kappa shape index (κ3) is 2.05. The summed E-state index contributed by atoms with van der Waals surface area (Å²) in [4.78, 5) is 14.0. The molecule has 0 aromatic heterocycles. The van der Waals surface area contributed by atoms with Crippen LogP contribution in [0.3, 0.4) is 0 Å². The summed E-state index contributed by atoms with van der Waals surface area (Å²) in [6, 6.07) is 9.32. The van der Waals surface area contributed by atoms with Gasteiger partial charge in [0.25, 0.3) is 5.91 Å². The Hall–Kier alpha value is -2.43. The number of rotatable bonds is 1. The molecule has 5 heteroatoms. The first-order valence-corrected chi connectivity index (χ1v) is 6.65. The van der Waals surface area contributed by atoms with E-state index < -0.39 is 23.1 Å². The molecule has 0 bridgehead atoms. The quantitative estimate of drug-likeness (QED) is 0.819. The molecule has 3 nitrogen and oxygen atoms in total. The summed E-state index contributed by atoms with van der Waals surface area (Å²) in [5.41, 5.74) is 6.29. The molecule has 2 aromatic carbocycles. The summed E-state index contributed by atoms with van der Waals surface area (Å²) in [6.07, 6.45) is 0.660. The van der Waals surface area contributed by atoms with E-state index in [1.54, 1.807) is 12.1 Å². The van der Waals surface area contributed by atoms with Crippen LogP contribution in [0.25, 0.3) is 0 Å². The summed E-state index contributed by atoms with van der Waals surface area (Å²) in [5.74, 6) is -2.60. The maximum absolute atomic E-state index is 14.1.